The molecule has 104 valence electrons. The topological polar surface area (TPSA) is 98.4 Å². The SMILES string of the molecule is CN(C)/C(=C(\C#N)C(C#N)C(C#N)CC#N)C(C)(C)C. The lowest BCUT2D eigenvalue weighted by Crippen LogP contribution is -2.28. The van der Waals surface area contributed by atoms with Crippen LogP contribution in [0.5, 0.6) is 0 Å². The molecule has 0 saturated carbocycles. The van der Waals surface area contributed by atoms with Crippen molar-refractivity contribution in [3.05, 3.63) is 11.3 Å². The van der Waals surface area contributed by atoms with E-state index in [0.29, 0.717) is 5.70 Å². The van der Waals surface area contributed by atoms with Gasteiger partial charge in [0.15, 0.2) is 0 Å². The predicted octanol–water partition coefficient (Wildman–Crippen LogP) is 2.57. The molecule has 0 aromatic rings. The fraction of sp³-hybridized carbons (Fsp3) is 0.600. The highest BCUT2D eigenvalue weighted by molar-refractivity contribution is 5.37. The largest absolute Gasteiger partial charge is 0.380 e. The van der Waals surface area contributed by atoms with Gasteiger partial charge in [0.2, 0.25) is 0 Å². The van der Waals surface area contributed by atoms with E-state index in [4.69, 9.17) is 10.5 Å². The second-order valence-electron chi connectivity index (χ2n) is 5.72. The summed E-state index contributed by atoms with van der Waals surface area (Å²) < 4.78 is 0. The molecule has 0 aromatic heterocycles. The molecule has 0 spiro atoms. The summed E-state index contributed by atoms with van der Waals surface area (Å²) >= 11 is 0. The summed E-state index contributed by atoms with van der Waals surface area (Å²) in [7, 11) is 3.61. The van der Waals surface area contributed by atoms with Crippen molar-refractivity contribution in [1.82, 2.24) is 4.90 Å². The van der Waals surface area contributed by atoms with Gasteiger partial charge in [0.05, 0.1) is 48.1 Å². The highest BCUT2D eigenvalue weighted by Crippen LogP contribution is 2.35. The molecular formula is C15H19N5. The lowest BCUT2D eigenvalue weighted by molar-refractivity contribution is 0.341. The Morgan fingerprint density at radius 3 is 1.85 bits per heavy atom. The first-order valence-corrected chi connectivity index (χ1v) is 6.22. The molecule has 0 rings (SSSR count). The summed E-state index contributed by atoms with van der Waals surface area (Å²) in [5.41, 5.74) is 0.646. The van der Waals surface area contributed by atoms with Crippen molar-refractivity contribution >= 4 is 0 Å². The summed E-state index contributed by atoms with van der Waals surface area (Å²) in [5, 5.41) is 36.7. The van der Waals surface area contributed by atoms with Gasteiger partial charge in [0, 0.05) is 25.2 Å². The highest BCUT2D eigenvalue weighted by Gasteiger charge is 2.32. The van der Waals surface area contributed by atoms with Gasteiger partial charge >= 0.3 is 0 Å². The molecule has 0 bridgehead atoms. The molecule has 20 heavy (non-hydrogen) atoms. The Morgan fingerprint density at radius 1 is 1.05 bits per heavy atom. The molecule has 0 aliphatic heterocycles. The van der Waals surface area contributed by atoms with E-state index in [2.05, 4.69) is 6.07 Å². The van der Waals surface area contributed by atoms with Crippen LogP contribution in [0.15, 0.2) is 11.3 Å². The van der Waals surface area contributed by atoms with Crippen LogP contribution in [0.3, 0.4) is 0 Å². The van der Waals surface area contributed by atoms with Crippen LogP contribution in [-0.4, -0.2) is 19.0 Å². The third-order valence-electron chi connectivity index (χ3n) is 2.86. The second-order valence-corrected chi connectivity index (χ2v) is 5.72. The van der Waals surface area contributed by atoms with Gasteiger partial charge in [-0.15, -0.1) is 0 Å². The Labute approximate surface area is 120 Å². The highest BCUT2D eigenvalue weighted by atomic mass is 15.1. The van der Waals surface area contributed by atoms with Crippen LogP contribution in [0.25, 0.3) is 0 Å². The van der Waals surface area contributed by atoms with Crippen LogP contribution < -0.4 is 0 Å². The molecule has 0 heterocycles. The monoisotopic (exact) mass is 269 g/mol. The molecule has 0 aliphatic carbocycles. The van der Waals surface area contributed by atoms with Gasteiger partial charge in [-0.25, -0.2) is 0 Å². The van der Waals surface area contributed by atoms with E-state index in [1.807, 2.05) is 39.0 Å². The summed E-state index contributed by atoms with van der Waals surface area (Å²) in [5.74, 6) is -1.68. The average molecular weight is 269 g/mol. The quantitative estimate of drug-likeness (QED) is 0.730. The standard InChI is InChI=1S/C15H19N5/c1-15(2,3)14(20(4)5)13(10-19)12(9-18)11(8-17)6-7-16/h11-12H,6H2,1-5H3/b14-13+. The molecule has 5 nitrogen and oxygen atoms in total. The zero-order valence-electron chi connectivity index (χ0n) is 12.6. The molecule has 0 radical (unpaired) electrons. The minimum absolute atomic E-state index is 0.0647. The molecule has 0 aromatic carbocycles. The summed E-state index contributed by atoms with van der Waals surface area (Å²) in [4.78, 5) is 1.80. The smallest absolute Gasteiger partial charge is 0.0998 e. The molecule has 0 amide bonds. The van der Waals surface area contributed by atoms with Crippen LogP contribution in [0.1, 0.15) is 27.2 Å². The zero-order chi connectivity index (χ0) is 15.9. The van der Waals surface area contributed by atoms with E-state index in [-0.39, 0.29) is 17.4 Å². The lowest BCUT2D eigenvalue weighted by Gasteiger charge is -2.32. The van der Waals surface area contributed by atoms with E-state index >= 15 is 0 Å². The van der Waals surface area contributed by atoms with E-state index in [9.17, 15) is 10.5 Å². The third kappa shape index (κ3) is 4.01. The van der Waals surface area contributed by atoms with Gasteiger partial charge in [-0.1, -0.05) is 20.8 Å². The number of hydrogen-bond donors (Lipinski definition) is 0. The maximum absolute atomic E-state index is 9.44. The predicted molar refractivity (Wildman–Crippen MR) is 74.2 cm³/mol. The van der Waals surface area contributed by atoms with Crippen LogP contribution in [0.4, 0.5) is 0 Å². The minimum atomic E-state index is -0.888. The van der Waals surface area contributed by atoms with Gasteiger partial charge in [-0.05, 0) is 0 Å². The molecule has 0 aliphatic rings. The molecule has 0 N–H and O–H groups in total. The third-order valence-corrected chi connectivity index (χ3v) is 2.86. The zero-order valence-corrected chi connectivity index (χ0v) is 12.6. The average Bonchev–Trinajstić information content (AvgIpc) is 2.34. The van der Waals surface area contributed by atoms with Crippen molar-refractivity contribution in [2.45, 2.75) is 27.2 Å². The van der Waals surface area contributed by atoms with Crippen molar-refractivity contribution in [2.75, 3.05) is 14.1 Å². The number of hydrogen-bond acceptors (Lipinski definition) is 5. The minimum Gasteiger partial charge on any atom is -0.380 e. The van der Waals surface area contributed by atoms with E-state index < -0.39 is 11.8 Å². The van der Waals surface area contributed by atoms with Crippen molar-refractivity contribution in [2.24, 2.45) is 17.3 Å². The van der Waals surface area contributed by atoms with Crippen molar-refractivity contribution < 1.29 is 0 Å². The van der Waals surface area contributed by atoms with Crippen LogP contribution in [-0.2, 0) is 0 Å². The Kier molecular flexibility index (Phi) is 6.28. The van der Waals surface area contributed by atoms with Crippen LogP contribution in [0.2, 0.25) is 0 Å². The molecule has 0 fully saturated rings. The van der Waals surface area contributed by atoms with E-state index in [0.717, 1.165) is 0 Å². The fourth-order valence-electron chi connectivity index (χ4n) is 2.28. The van der Waals surface area contributed by atoms with Crippen molar-refractivity contribution in [3.8, 4) is 24.3 Å². The Bertz CT molecular complexity index is 537. The molecule has 2 unspecified atom stereocenters. The van der Waals surface area contributed by atoms with Gasteiger partial charge < -0.3 is 4.90 Å². The van der Waals surface area contributed by atoms with Gasteiger partial charge in [0.25, 0.3) is 0 Å². The Morgan fingerprint density at radius 2 is 1.60 bits per heavy atom. The molecule has 0 saturated heterocycles. The second kappa shape index (κ2) is 7.18. The fourth-order valence-corrected chi connectivity index (χ4v) is 2.28. The molecular weight excluding hydrogens is 250 g/mol. The summed E-state index contributed by atoms with van der Waals surface area (Å²) in [6, 6.07) is 7.95. The number of nitrogens with zero attached hydrogens (tertiary/aromatic N) is 5. The van der Waals surface area contributed by atoms with Gasteiger partial charge in [-0.3, -0.25) is 0 Å². The first-order chi connectivity index (χ1) is 9.24. The van der Waals surface area contributed by atoms with Gasteiger partial charge in [-0.2, -0.15) is 21.0 Å². The van der Waals surface area contributed by atoms with E-state index in [1.165, 1.54) is 0 Å². The Hall–Kier alpha value is -2.50. The normalized spacial score (nSPS) is 14.7. The Balaban J connectivity index is 6.11. The van der Waals surface area contributed by atoms with Crippen LogP contribution in [0, 0.1) is 62.6 Å². The number of nitriles is 4. The van der Waals surface area contributed by atoms with E-state index in [1.54, 1.807) is 19.0 Å². The first kappa shape index (κ1) is 17.5. The first-order valence-electron chi connectivity index (χ1n) is 6.22. The summed E-state index contributed by atoms with van der Waals surface area (Å²) in [6.45, 7) is 5.83. The molecule has 5 heteroatoms. The van der Waals surface area contributed by atoms with Crippen LogP contribution >= 0.6 is 0 Å². The molecule has 2 atom stereocenters. The summed E-state index contributed by atoms with van der Waals surface area (Å²) in [6.07, 6.45) is -0.0647. The van der Waals surface area contributed by atoms with Crippen molar-refractivity contribution in [3.63, 3.8) is 0 Å². The maximum atomic E-state index is 9.44. The lowest BCUT2D eigenvalue weighted by atomic mass is 9.79. The van der Waals surface area contributed by atoms with Gasteiger partial charge in [0.1, 0.15) is 0 Å². The number of allylic oxidation sites excluding steroid dienone is 2. The maximum Gasteiger partial charge on any atom is 0.0998 e. The van der Waals surface area contributed by atoms with Crippen molar-refractivity contribution in [1.29, 1.82) is 21.0 Å². The number of rotatable bonds is 4.